The van der Waals surface area contributed by atoms with Crippen molar-refractivity contribution in [1.29, 1.82) is 0 Å². The first-order valence-corrected chi connectivity index (χ1v) is 7.09. The molecule has 1 N–H and O–H groups in total. The summed E-state index contributed by atoms with van der Waals surface area (Å²) in [5.74, 6) is 0.891. The number of nitrogens with one attached hydrogen (secondary N) is 1. The molecular formula is C16H24N4O. The van der Waals surface area contributed by atoms with E-state index < -0.39 is 0 Å². The summed E-state index contributed by atoms with van der Waals surface area (Å²) in [4.78, 5) is 2.29. The fourth-order valence-electron chi connectivity index (χ4n) is 2.46. The Kier molecular flexibility index (Phi) is 5.36. The third-order valence-electron chi connectivity index (χ3n) is 3.55. The lowest BCUT2D eigenvalue weighted by Gasteiger charge is -2.24. The number of methoxy groups -OCH3 is 1. The number of ether oxygens (including phenoxy) is 1. The highest BCUT2D eigenvalue weighted by Gasteiger charge is 2.13. The van der Waals surface area contributed by atoms with Crippen LogP contribution in [0.5, 0.6) is 5.75 Å². The second-order valence-electron chi connectivity index (χ2n) is 5.34. The molecule has 0 saturated carbocycles. The zero-order valence-electron chi connectivity index (χ0n) is 13.2. The number of likely N-dealkylation sites (N-methyl/N-ethyl adjacent to an activating group) is 2. The molecule has 0 amide bonds. The second kappa shape index (κ2) is 7.24. The fourth-order valence-corrected chi connectivity index (χ4v) is 2.46. The van der Waals surface area contributed by atoms with Crippen LogP contribution < -0.4 is 10.1 Å². The van der Waals surface area contributed by atoms with Crippen LogP contribution in [-0.4, -0.2) is 42.4 Å². The minimum absolute atomic E-state index is 0.266. The van der Waals surface area contributed by atoms with Gasteiger partial charge in [-0.1, -0.05) is 12.1 Å². The standard InChI is InChI=1S/C16H24N4O/c1-17-16(14-6-5-7-15(8-14)21-4)12-19(2)10-13-9-18-20(3)11-13/h5-9,11,16-17H,10,12H2,1-4H3. The predicted molar refractivity (Wildman–Crippen MR) is 84.3 cm³/mol. The van der Waals surface area contributed by atoms with E-state index in [1.807, 2.05) is 37.1 Å². The van der Waals surface area contributed by atoms with Gasteiger partial charge in [-0.15, -0.1) is 0 Å². The van der Waals surface area contributed by atoms with Gasteiger partial charge in [0.05, 0.1) is 13.3 Å². The Hall–Kier alpha value is -1.85. The van der Waals surface area contributed by atoms with E-state index in [4.69, 9.17) is 4.74 Å². The van der Waals surface area contributed by atoms with E-state index in [1.165, 1.54) is 11.1 Å². The molecule has 0 fully saturated rings. The second-order valence-corrected chi connectivity index (χ2v) is 5.34. The summed E-state index contributed by atoms with van der Waals surface area (Å²) in [7, 11) is 7.75. The molecule has 114 valence electrons. The van der Waals surface area contributed by atoms with E-state index in [0.29, 0.717) is 0 Å². The maximum Gasteiger partial charge on any atom is 0.119 e. The molecule has 1 heterocycles. The van der Waals surface area contributed by atoms with Gasteiger partial charge >= 0.3 is 0 Å². The Labute approximate surface area is 126 Å². The van der Waals surface area contributed by atoms with Gasteiger partial charge in [0, 0.05) is 37.9 Å². The number of aryl methyl sites for hydroxylation is 1. The van der Waals surface area contributed by atoms with Gasteiger partial charge in [0.1, 0.15) is 5.75 Å². The van der Waals surface area contributed by atoms with Gasteiger partial charge < -0.3 is 15.0 Å². The van der Waals surface area contributed by atoms with E-state index in [1.54, 1.807) is 7.11 Å². The zero-order chi connectivity index (χ0) is 15.2. The van der Waals surface area contributed by atoms with Gasteiger partial charge in [-0.05, 0) is 31.8 Å². The van der Waals surface area contributed by atoms with Crippen molar-refractivity contribution in [2.75, 3.05) is 27.7 Å². The average molecular weight is 288 g/mol. The van der Waals surface area contributed by atoms with E-state index in [0.717, 1.165) is 18.8 Å². The van der Waals surface area contributed by atoms with Crippen molar-refractivity contribution in [3.05, 3.63) is 47.8 Å². The van der Waals surface area contributed by atoms with Gasteiger partial charge in [0.2, 0.25) is 0 Å². The largest absolute Gasteiger partial charge is 0.497 e. The highest BCUT2D eigenvalue weighted by atomic mass is 16.5. The Morgan fingerprint density at radius 2 is 2.24 bits per heavy atom. The van der Waals surface area contributed by atoms with Crippen LogP contribution in [0.25, 0.3) is 0 Å². The van der Waals surface area contributed by atoms with Crippen molar-refractivity contribution < 1.29 is 4.74 Å². The maximum atomic E-state index is 5.30. The SMILES string of the molecule is CNC(CN(C)Cc1cnn(C)c1)c1cccc(OC)c1. The van der Waals surface area contributed by atoms with E-state index in [-0.39, 0.29) is 6.04 Å². The minimum Gasteiger partial charge on any atom is -0.497 e. The number of aromatic nitrogens is 2. The predicted octanol–water partition coefficient (Wildman–Crippen LogP) is 1.82. The van der Waals surface area contributed by atoms with Gasteiger partial charge in [0.25, 0.3) is 0 Å². The highest BCUT2D eigenvalue weighted by molar-refractivity contribution is 5.30. The van der Waals surface area contributed by atoms with Crippen LogP contribution in [0.3, 0.4) is 0 Å². The van der Waals surface area contributed by atoms with Crippen molar-refractivity contribution in [2.45, 2.75) is 12.6 Å². The Morgan fingerprint density at radius 3 is 2.86 bits per heavy atom. The summed E-state index contributed by atoms with van der Waals surface area (Å²) >= 11 is 0. The molecular weight excluding hydrogens is 264 g/mol. The van der Waals surface area contributed by atoms with Crippen molar-refractivity contribution in [3.63, 3.8) is 0 Å². The summed E-state index contributed by atoms with van der Waals surface area (Å²) in [6, 6.07) is 8.47. The topological polar surface area (TPSA) is 42.3 Å². The molecule has 1 atom stereocenters. The van der Waals surface area contributed by atoms with Crippen molar-refractivity contribution in [2.24, 2.45) is 7.05 Å². The molecule has 0 aliphatic carbocycles. The first kappa shape index (κ1) is 15.5. The summed E-state index contributed by atoms with van der Waals surface area (Å²) in [6.45, 7) is 1.80. The first-order chi connectivity index (χ1) is 10.1. The zero-order valence-corrected chi connectivity index (χ0v) is 13.2. The maximum absolute atomic E-state index is 5.30. The molecule has 0 radical (unpaired) electrons. The van der Waals surface area contributed by atoms with Crippen LogP contribution in [0, 0.1) is 0 Å². The van der Waals surface area contributed by atoms with Crippen LogP contribution in [0.15, 0.2) is 36.7 Å². The van der Waals surface area contributed by atoms with Crippen molar-refractivity contribution >= 4 is 0 Å². The van der Waals surface area contributed by atoms with Crippen molar-refractivity contribution in [3.8, 4) is 5.75 Å². The molecule has 2 aromatic rings. The van der Waals surface area contributed by atoms with E-state index in [2.05, 4.69) is 40.7 Å². The Morgan fingerprint density at radius 1 is 1.43 bits per heavy atom. The Balaban J connectivity index is 2.00. The summed E-state index contributed by atoms with van der Waals surface area (Å²) in [5, 5.41) is 7.58. The summed E-state index contributed by atoms with van der Waals surface area (Å²) in [6.07, 6.45) is 3.97. The Bertz CT molecular complexity index is 567. The molecule has 1 unspecified atom stereocenters. The summed E-state index contributed by atoms with van der Waals surface area (Å²) in [5.41, 5.74) is 2.45. The lowest BCUT2D eigenvalue weighted by molar-refractivity contribution is 0.289. The molecule has 21 heavy (non-hydrogen) atoms. The van der Waals surface area contributed by atoms with Crippen LogP contribution in [0.1, 0.15) is 17.2 Å². The van der Waals surface area contributed by atoms with Gasteiger partial charge in [-0.2, -0.15) is 5.10 Å². The smallest absolute Gasteiger partial charge is 0.119 e. The first-order valence-electron chi connectivity index (χ1n) is 7.09. The monoisotopic (exact) mass is 288 g/mol. The highest BCUT2D eigenvalue weighted by Crippen LogP contribution is 2.20. The van der Waals surface area contributed by atoms with Crippen LogP contribution >= 0.6 is 0 Å². The fraction of sp³-hybridized carbons (Fsp3) is 0.438. The molecule has 1 aromatic carbocycles. The van der Waals surface area contributed by atoms with Crippen molar-refractivity contribution in [1.82, 2.24) is 20.0 Å². The molecule has 5 nitrogen and oxygen atoms in total. The van der Waals surface area contributed by atoms with E-state index in [9.17, 15) is 0 Å². The number of rotatable bonds is 7. The molecule has 0 spiro atoms. The van der Waals surface area contributed by atoms with Crippen LogP contribution in [0.2, 0.25) is 0 Å². The van der Waals surface area contributed by atoms with E-state index >= 15 is 0 Å². The molecule has 0 aliphatic rings. The quantitative estimate of drug-likeness (QED) is 0.844. The van der Waals surface area contributed by atoms with Crippen LogP contribution in [0.4, 0.5) is 0 Å². The third-order valence-corrected chi connectivity index (χ3v) is 3.55. The molecule has 1 aromatic heterocycles. The summed E-state index contributed by atoms with van der Waals surface area (Å²) < 4.78 is 7.13. The molecule has 2 rings (SSSR count). The van der Waals surface area contributed by atoms with Gasteiger partial charge in [-0.25, -0.2) is 0 Å². The lowest BCUT2D eigenvalue weighted by atomic mass is 10.1. The number of hydrogen-bond acceptors (Lipinski definition) is 4. The van der Waals surface area contributed by atoms with Crippen LogP contribution in [-0.2, 0) is 13.6 Å². The molecule has 5 heteroatoms. The number of benzene rings is 1. The minimum atomic E-state index is 0.266. The third kappa shape index (κ3) is 4.31. The number of hydrogen-bond donors (Lipinski definition) is 1. The molecule has 0 bridgehead atoms. The normalized spacial score (nSPS) is 12.6. The lowest BCUT2D eigenvalue weighted by Crippen LogP contribution is -2.30. The molecule has 0 aliphatic heterocycles. The average Bonchev–Trinajstić information content (AvgIpc) is 2.89. The molecule has 0 saturated heterocycles. The van der Waals surface area contributed by atoms with Gasteiger partial charge in [0.15, 0.2) is 0 Å². The number of nitrogens with zero attached hydrogens (tertiary/aromatic N) is 3. The van der Waals surface area contributed by atoms with Gasteiger partial charge in [-0.3, -0.25) is 4.68 Å².